The van der Waals surface area contributed by atoms with Gasteiger partial charge in [0, 0.05) is 18.9 Å². The average Bonchev–Trinajstić information content (AvgIpc) is 3.37. The maximum atomic E-state index is 13.5. The zero-order valence-corrected chi connectivity index (χ0v) is 24.2. The van der Waals surface area contributed by atoms with Crippen LogP contribution >= 0.6 is 0 Å². The molecule has 12 heteroatoms. The van der Waals surface area contributed by atoms with E-state index in [-0.39, 0.29) is 43.8 Å². The maximum absolute atomic E-state index is 13.5. The Morgan fingerprint density at radius 1 is 1.02 bits per heavy atom. The minimum atomic E-state index is -0.897. The first kappa shape index (κ1) is 30.2. The number of fused-ring (bicyclic) bond motifs is 14. The molecule has 0 fully saturated rings. The highest BCUT2D eigenvalue weighted by atomic mass is 16.5. The van der Waals surface area contributed by atoms with Crippen LogP contribution in [0.15, 0.2) is 54.6 Å². The molecular formula is C30H37N7O5. The fraction of sp³-hybridized carbons (Fsp3) is 0.400. The van der Waals surface area contributed by atoms with Crippen LogP contribution < -0.4 is 26.0 Å². The molecule has 2 aliphatic heterocycles. The number of nitrogens with zero attached hydrogens (tertiary/aromatic N) is 3. The van der Waals surface area contributed by atoms with Gasteiger partial charge in [0.2, 0.25) is 23.6 Å². The number of ether oxygens (including phenoxy) is 1. The number of benzene rings is 2. The second kappa shape index (κ2) is 13.7. The lowest BCUT2D eigenvalue weighted by atomic mass is 10.0. The Labute approximate surface area is 244 Å². The predicted octanol–water partition coefficient (Wildman–Crippen LogP) is 1.52. The summed E-state index contributed by atoms with van der Waals surface area (Å²) in [6.45, 7) is 7.11. The number of nitrogens with one attached hydrogen (secondary N) is 4. The molecule has 2 aromatic carbocycles. The molecule has 3 atom stereocenters. The molecule has 1 aromatic heterocycles. The van der Waals surface area contributed by atoms with E-state index in [2.05, 4.69) is 31.3 Å². The second-order valence-corrected chi connectivity index (χ2v) is 10.6. The molecule has 5 rings (SSSR count). The predicted molar refractivity (Wildman–Crippen MR) is 155 cm³/mol. The van der Waals surface area contributed by atoms with Gasteiger partial charge in [0.15, 0.2) is 5.82 Å². The van der Waals surface area contributed by atoms with Crippen molar-refractivity contribution >= 4 is 23.6 Å². The number of amides is 4. The van der Waals surface area contributed by atoms with Gasteiger partial charge in [-0.15, -0.1) is 0 Å². The first-order valence-corrected chi connectivity index (χ1v) is 14.0. The van der Waals surface area contributed by atoms with Crippen molar-refractivity contribution in [3.63, 3.8) is 0 Å². The van der Waals surface area contributed by atoms with Crippen LogP contribution in [0.3, 0.4) is 0 Å². The van der Waals surface area contributed by atoms with Gasteiger partial charge in [-0.2, -0.15) is 5.10 Å². The minimum absolute atomic E-state index is 0.118. The van der Waals surface area contributed by atoms with Crippen LogP contribution in [0.1, 0.15) is 45.1 Å². The third-order valence-corrected chi connectivity index (χ3v) is 6.77. The lowest BCUT2D eigenvalue weighted by Gasteiger charge is -2.26. The molecule has 42 heavy (non-hydrogen) atoms. The van der Waals surface area contributed by atoms with Gasteiger partial charge in [-0.1, -0.05) is 56.3 Å². The SMILES string of the molecule is CC(=O)N[C@H]1Cc2ccc(cc2)OCCNC(=O)Cn2nc(-c3ccccc3)nc2[C@H](C)NC(=O)[C@@H](C(C)C)NC1=O. The Bertz CT molecular complexity index is 1410. The highest BCUT2D eigenvalue weighted by Crippen LogP contribution is 2.20. The molecule has 0 saturated heterocycles. The summed E-state index contributed by atoms with van der Waals surface area (Å²) in [6.07, 6.45) is 0.218. The number of hydrogen-bond acceptors (Lipinski definition) is 7. The molecule has 2 bridgehead atoms. The van der Waals surface area contributed by atoms with Gasteiger partial charge in [0.1, 0.15) is 36.8 Å². The number of rotatable bonds is 3. The third kappa shape index (κ3) is 7.93. The summed E-state index contributed by atoms with van der Waals surface area (Å²) in [7, 11) is 0. The van der Waals surface area contributed by atoms with Crippen LogP contribution in [-0.4, -0.2) is 63.6 Å². The van der Waals surface area contributed by atoms with E-state index < -0.39 is 29.9 Å². The van der Waals surface area contributed by atoms with Gasteiger partial charge in [0.25, 0.3) is 0 Å². The van der Waals surface area contributed by atoms with Crippen molar-refractivity contribution < 1.29 is 23.9 Å². The molecule has 0 radical (unpaired) electrons. The van der Waals surface area contributed by atoms with E-state index in [0.29, 0.717) is 17.4 Å². The molecule has 2 aliphatic rings. The van der Waals surface area contributed by atoms with Gasteiger partial charge in [-0.3, -0.25) is 19.2 Å². The molecule has 222 valence electrons. The van der Waals surface area contributed by atoms with E-state index in [0.717, 1.165) is 11.1 Å². The standard InChI is InChI=1S/C30H37N7O5/c1-18(2)26-30(41)32-19(3)28-35-27(22-8-6-5-7-9-22)36-37(28)17-25(39)31-14-15-42-23-12-10-21(11-13-23)16-24(29(40)34-26)33-20(4)38/h5-13,18-19,24,26H,14-17H2,1-4H3,(H,31,39)(H,32,41)(H,33,38)(H,34,40)/t19-,24-,26+/m0/s1. The first-order chi connectivity index (χ1) is 20.1. The van der Waals surface area contributed by atoms with Crippen molar-refractivity contribution in [1.82, 2.24) is 36.0 Å². The van der Waals surface area contributed by atoms with Gasteiger partial charge in [-0.25, -0.2) is 9.67 Å². The Kier molecular flexibility index (Phi) is 9.89. The van der Waals surface area contributed by atoms with E-state index >= 15 is 0 Å². The summed E-state index contributed by atoms with van der Waals surface area (Å²) < 4.78 is 7.22. The van der Waals surface area contributed by atoms with Crippen LogP contribution in [0.4, 0.5) is 0 Å². The molecule has 0 aliphatic carbocycles. The van der Waals surface area contributed by atoms with E-state index in [1.807, 2.05) is 44.2 Å². The second-order valence-electron chi connectivity index (χ2n) is 10.6. The Morgan fingerprint density at radius 2 is 1.74 bits per heavy atom. The number of hydrogen-bond donors (Lipinski definition) is 4. The summed E-state index contributed by atoms with van der Waals surface area (Å²) in [6, 6.07) is 14.0. The fourth-order valence-corrected chi connectivity index (χ4v) is 4.62. The monoisotopic (exact) mass is 575 g/mol. The van der Waals surface area contributed by atoms with Crippen molar-refractivity contribution in [2.45, 2.75) is 58.8 Å². The first-order valence-electron chi connectivity index (χ1n) is 14.0. The Hall–Kier alpha value is -4.74. The average molecular weight is 576 g/mol. The van der Waals surface area contributed by atoms with Crippen molar-refractivity contribution in [2.24, 2.45) is 5.92 Å². The summed E-state index contributed by atoms with van der Waals surface area (Å²) in [5, 5.41) is 15.8. The summed E-state index contributed by atoms with van der Waals surface area (Å²) in [4.78, 5) is 56.3. The molecule has 0 unspecified atom stereocenters. The normalized spacial score (nSPS) is 20.5. The molecule has 4 N–H and O–H groups in total. The number of carbonyl (C=O) groups excluding carboxylic acids is 4. The van der Waals surface area contributed by atoms with Crippen LogP contribution in [0.2, 0.25) is 0 Å². The smallest absolute Gasteiger partial charge is 0.243 e. The number of carbonyl (C=O) groups is 4. The number of aromatic nitrogens is 3. The molecular weight excluding hydrogens is 538 g/mol. The van der Waals surface area contributed by atoms with Crippen LogP contribution in [-0.2, 0) is 32.1 Å². The fourth-order valence-electron chi connectivity index (χ4n) is 4.62. The third-order valence-electron chi connectivity index (χ3n) is 6.77. The van der Waals surface area contributed by atoms with Crippen molar-refractivity contribution in [3.8, 4) is 17.1 Å². The lowest BCUT2D eigenvalue weighted by Crippen LogP contribution is -2.56. The van der Waals surface area contributed by atoms with Crippen LogP contribution in [0, 0.1) is 5.92 Å². The minimum Gasteiger partial charge on any atom is -0.492 e. The summed E-state index contributed by atoms with van der Waals surface area (Å²) >= 11 is 0. The molecule has 3 aromatic rings. The van der Waals surface area contributed by atoms with Gasteiger partial charge in [0.05, 0.1) is 12.6 Å². The Balaban J connectivity index is 1.66. The van der Waals surface area contributed by atoms with Gasteiger partial charge in [-0.05, 0) is 30.5 Å². The zero-order valence-electron chi connectivity index (χ0n) is 24.2. The largest absolute Gasteiger partial charge is 0.492 e. The van der Waals surface area contributed by atoms with Crippen molar-refractivity contribution in [3.05, 3.63) is 66.0 Å². The topological polar surface area (TPSA) is 156 Å². The van der Waals surface area contributed by atoms with Crippen LogP contribution in [0.25, 0.3) is 11.4 Å². The molecule has 0 spiro atoms. The highest BCUT2D eigenvalue weighted by Gasteiger charge is 2.30. The van der Waals surface area contributed by atoms with Crippen LogP contribution in [0.5, 0.6) is 5.75 Å². The zero-order chi connectivity index (χ0) is 30.2. The van der Waals surface area contributed by atoms with Gasteiger partial charge < -0.3 is 26.0 Å². The molecule has 4 amide bonds. The van der Waals surface area contributed by atoms with E-state index in [9.17, 15) is 19.2 Å². The van der Waals surface area contributed by atoms with E-state index in [1.165, 1.54) is 11.6 Å². The molecule has 0 saturated carbocycles. The van der Waals surface area contributed by atoms with E-state index in [4.69, 9.17) is 4.74 Å². The maximum Gasteiger partial charge on any atom is 0.243 e. The van der Waals surface area contributed by atoms with E-state index in [1.54, 1.807) is 31.2 Å². The summed E-state index contributed by atoms with van der Waals surface area (Å²) in [5.74, 6) is -0.431. The van der Waals surface area contributed by atoms with Crippen molar-refractivity contribution in [1.29, 1.82) is 0 Å². The van der Waals surface area contributed by atoms with Crippen molar-refractivity contribution in [2.75, 3.05) is 13.2 Å². The Morgan fingerprint density at radius 3 is 2.40 bits per heavy atom. The quantitative estimate of drug-likeness (QED) is 0.369. The highest BCUT2D eigenvalue weighted by molar-refractivity contribution is 5.92. The lowest BCUT2D eigenvalue weighted by molar-refractivity contribution is -0.132. The molecule has 3 heterocycles. The van der Waals surface area contributed by atoms with Gasteiger partial charge >= 0.3 is 0 Å². The molecule has 12 nitrogen and oxygen atoms in total. The summed E-state index contributed by atoms with van der Waals surface area (Å²) in [5.41, 5.74) is 1.56.